The molecule has 5 heteroatoms. The van der Waals surface area contributed by atoms with E-state index in [0.717, 1.165) is 18.7 Å². The van der Waals surface area contributed by atoms with E-state index in [1.165, 1.54) is 83.5 Å². The molecule has 0 radical (unpaired) electrons. The van der Waals surface area contributed by atoms with Crippen molar-refractivity contribution in [1.29, 1.82) is 0 Å². The maximum atomic E-state index is 11.9. The van der Waals surface area contributed by atoms with E-state index in [0.29, 0.717) is 10.0 Å². The van der Waals surface area contributed by atoms with Crippen LogP contribution in [0.4, 0.5) is 5.69 Å². The second-order valence-electron chi connectivity index (χ2n) is 7.96. The van der Waals surface area contributed by atoms with Crippen molar-refractivity contribution >= 4 is 34.8 Å². The predicted octanol–water partition coefficient (Wildman–Crippen LogP) is 8.00. The first kappa shape index (κ1) is 26.1. The third-order valence-corrected chi connectivity index (χ3v) is 5.60. The van der Waals surface area contributed by atoms with Crippen molar-refractivity contribution in [3.63, 3.8) is 0 Å². The van der Waals surface area contributed by atoms with Crippen molar-refractivity contribution < 1.29 is 4.79 Å². The number of carbonyl (C=O) groups is 1. The molecule has 1 aromatic rings. The van der Waals surface area contributed by atoms with Crippen molar-refractivity contribution in [3.8, 4) is 0 Å². The Morgan fingerprint density at radius 3 is 1.66 bits per heavy atom. The summed E-state index contributed by atoms with van der Waals surface area (Å²) >= 11 is 11.9. The number of rotatable bonds is 18. The Bertz CT molecular complexity index is 531. The first-order valence-electron chi connectivity index (χ1n) is 11.6. The predicted molar refractivity (Wildman–Crippen MR) is 128 cm³/mol. The zero-order valence-electron chi connectivity index (χ0n) is 18.2. The Balaban J connectivity index is 1.85. The Kier molecular flexibility index (Phi) is 16.1. The van der Waals surface area contributed by atoms with Gasteiger partial charge in [-0.2, -0.15) is 0 Å². The fourth-order valence-electron chi connectivity index (χ4n) is 3.45. The minimum atomic E-state index is -0.00390. The summed E-state index contributed by atoms with van der Waals surface area (Å²) in [6.07, 6.45) is 18.8. The van der Waals surface area contributed by atoms with Crippen LogP contribution in [-0.4, -0.2) is 19.0 Å². The average Bonchev–Trinajstić information content (AvgIpc) is 2.68. The van der Waals surface area contributed by atoms with Crippen LogP contribution in [0.15, 0.2) is 18.2 Å². The zero-order valence-corrected chi connectivity index (χ0v) is 19.7. The SMILES string of the molecule is CCCCCCCCCCCCCCCCNC(=O)CNc1cc(Cl)cc(Cl)c1. The van der Waals surface area contributed by atoms with E-state index in [4.69, 9.17) is 23.2 Å². The van der Waals surface area contributed by atoms with E-state index in [-0.39, 0.29) is 12.5 Å². The van der Waals surface area contributed by atoms with Gasteiger partial charge in [0, 0.05) is 22.3 Å². The van der Waals surface area contributed by atoms with Crippen LogP contribution in [0, 0.1) is 0 Å². The number of amides is 1. The van der Waals surface area contributed by atoms with Gasteiger partial charge in [0.15, 0.2) is 0 Å². The van der Waals surface area contributed by atoms with Crippen LogP contribution in [-0.2, 0) is 4.79 Å². The molecule has 1 amide bonds. The number of unbranched alkanes of at least 4 members (excludes halogenated alkanes) is 13. The molecule has 0 fully saturated rings. The second-order valence-corrected chi connectivity index (χ2v) is 8.83. The van der Waals surface area contributed by atoms with Crippen LogP contribution in [0.25, 0.3) is 0 Å². The molecular formula is C24H40Cl2N2O. The smallest absolute Gasteiger partial charge is 0.239 e. The van der Waals surface area contributed by atoms with Gasteiger partial charge < -0.3 is 10.6 Å². The molecule has 0 aliphatic rings. The van der Waals surface area contributed by atoms with E-state index >= 15 is 0 Å². The van der Waals surface area contributed by atoms with Gasteiger partial charge in [-0.1, -0.05) is 114 Å². The van der Waals surface area contributed by atoms with Crippen LogP contribution in [0.2, 0.25) is 10.0 Å². The van der Waals surface area contributed by atoms with Crippen LogP contribution < -0.4 is 10.6 Å². The van der Waals surface area contributed by atoms with E-state index < -0.39 is 0 Å². The molecule has 0 atom stereocenters. The largest absolute Gasteiger partial charge is 0.376 e. The molecule has 166 valence electrons. The summed E-state index contributed by atoms with van der Waals surface area (Å²) in [6.45, 7) is 3.25. The van der Waals surface area contributed by atoms with Crippen molar-refractivity contribution in [2.24, 2.45) is 0 Å². The molecular weight excluding hydrogens is 403 g/mol. The Labute approximate surface area is 188 Å². The lowest BCUT2D eigenvalue weighted by Gasteiger charge is -2.08. The molecule has 0 aliphatic carbocycles. The van der Waals surface area contributed by atoms with Gasteiger partial charge in [0.25, 0.3) is 0 Å². The van der Waals surface area contributed by atoms with E-state index in [1.807, 2.05) is 0 Å². The first-order chi connectivity index (χ1) is 14.1. The summed E-state index contributed by atoms with van der Waals surface area (Å²) in [6, 6.07) is 5.19. The van der Waals surface area contributed by atoms with Crippen LogP contribution in [0.5, 0.6) is 0 Å². The van der Waals surface area contributed by atoms with Gasteiger partial charge in [-0.15, -0.1) is 0 Å². The number of anilines is 1. The summed E-state index contributed by atoms with van der Waals surface area (Å²) < 4.78 is 0. The summed E-state index contributed by atoms with van der Waals surface area (Å²) in [5, 5.41) is 7.12. The first-order valence-corrected chi connectivity index (χ1v) is 12.3. The maximum Gasteiger partial charge on any atom is 0.239 e. The van der Waals surface area contributed by atoms with Gasteiger partial charge in [0.1, 0.15) is 0 Å². The monoisotopic (exact) mass is 442 g/mol. The number of nitrogens with one attached hydrogen (secondary N) is 2. The molecule has 0 unspecified atom stereocenters. The topological polar surface area (TPSA) is 41.1 Å². The van der Waals surface area contributed by atoms with Gasteiger partial charge in [-0.3, -0.25) is 4.79 Å². The lowest BCUT2D eigenvalue weighted by atomic mass is 10.0. The van der Waals surface area contributed by atoms with Crippen molar-refractivity contribution in [2.45, 2.75) is 96.8 Å². The molecule has 0 heterocycles. The highest BCUT2D eigenvalue weighted by Gasteiger charge is 2.02. The van der Waals surface area contributed by atoms with Crippen molar-refractivity contribution in [1.82, 2.24) is 5.32 Å². The normalized spacial score (nSPS) is 10.9. The molecule has 0 spiro atoms. The molecule has 0 aromatic heterocycles. The van der Waals surface area contributed by atoms with Crippen LogP contribution >= 0.6 is 23.2 Å². The van der Waals surface area contributed by atoms with Gasteiger partial charge in [-0.05, 0) is 24.6 Å². The zero-order chi connectivity index (χ0) is 21.2. The van der Waals surface area contributed by atoms with E-state index in [9.17, 15) is 4.79 Å². The van der Waals surface area contributed by atoms with E-state index in [2.05, 4.69) is 17.6 Å². The molecule has 0 saturated carbocycles. The number of hydrogen-bond acceptors (Lipinski definition) is 2. The van der Waals surface area contributed by atoms with Crippen LogP contribution in [0.1, 0.15) is 96.8 Å². The summed E-state index contributed by atoms with van der Waals surface area (Å²) in [5.74, 6) is -0.00390. The van der Waals surface area contributed by atoms with Gasteiger partial charge in [0.2, 0.25) is 5.91 Å². The summed E-state index contributed by atoms with van der Waals surface area (Å²) in [4.78, 5) is 11.9. The number of benzene rings is 1. The highest BCUT2D eigenvalue weighted by molar-refractivity contribution is 6.35. The van der Waals surface area contributed by atoms with Crippen molar-refractivity contribution in [3.05, 3.63) is 28.2 Å². The molecule has 1 aromatic carbocycles. The highest BCUT2D eigenvalue weighted by atomic mass is 35.5. The maximum absolute atomic E-state index is 11.9. The third-order valence-electron chi connectivity index (χ3n) is 5.17. The molecule has 1 rings (SSSR count). The van der Waals surface area contributed by atoms with Gasteiger partial charge in [-0.25, -0.2) is 0 Å². The fraction of sp³-hybridized carbons (Fsp3) is 0.708. The Morgan fingerprint density at radius 2 is 1.17 bits per heavy atom. The Hall–Kier alpha value is -0.930. The van der Waals surface area contributed by atoms with Gasteiger partial charge in [0.05, 0.1) is 6.54 Å². The number of hydrogen-bond donors (Lipinski definition) is 2. The lowest BCUT2D eigenvalue weighted by Crippen LogP contribution is -2.30. The highest BCUT2D eigenvalue weighted by Crippen LogP contribution is 2.22. The molecule has 0 saturated heterocycles. The minimum Gasteiger partial charge on any atom is -0.376 e. The summed E-state index contributed by atoms with van der Waals surface area (Å²) in [5.41, 5.74) is 0.758. The number of carbonyl (C=O) groups excluding carboxylic acids is 1. The summed E-state index contributed by atoms with van der Waals surface area (Å²) in [7, 11) is 0. The standard InChI is InChI=1S/C24H40Cl2N2O/c1-2-3-4-5-6-7-8-9-10-11-12-13-14-15-16-27-24(29)20-28-23-18-21(25)17-22(26)19-23/h17-19,28H,2-16,20H2,1H3,(H,27,29). The second kappa shape index (κ2) is 17.9. The molecule has 0 bridgehead atoms. The molecule has 29 heavy (non-hydrogen) atoms. The number of halogens is 2. The molecule has 0 aliphatic heterocycles. The molecule has 2 N–H and O–H groups in total. The minimum absolute atomic E-state index is 0.00390. The third kappa shape index (κ3) is 15.6. The average molecular weight is 444 g/mol. The quantitative estimate of drug-likeness (QED) is 0.226. The van der Waals surface area contributed by atoms with Crippen LogP contribution in [0.3, 0.4) is 0 Å². The van der Waals surface area contributed by atoms with Crippen molar-refractivity contribution in [2.75, 3.05) is 18.4 Å². The lowest BCUT2D eigenvalue weighted by molar-refractivity contribution is -0.119. The van der Waals surface area contributed by atoms with E-state index in [1.54, 1.807) is 18.2 Å². The Morgan fingerprint density at radius 1 is 0.724 bits per heavy atom. The molecule has 3 nitrogen and oxygen atoms in total. The van der Waals surface area contributed by atoms with Gasteiger partial charge >= 0.3 is 0 Å². The fourth-order valence-corrected chi connectivity index (χ4v) is 3.97.